The largest absolute Gasteiger partial charge is 0.466 e. The SMILES string of the molecule is CCOC(=O)C1CCc2sc3ccc(Br)cc3c2C1. The Morgan fingerprint density at radius 3 is 3.16 bits per heavy atom. The molecule has 0 aliphatic heterocycles. The van der Waals surface area contributed by atoms with Crippen LogP contribution in [0.2, 0.25) is 0 Å². The molecule has 1 atom stereocenters. The molecule has 2 nitrogen and oxygen atoms in total. The second kappa shape index (κ2) is 5.25. The van der Waals surface area contributed by atoms with E-state index in [0.29, 0.717) is 6.61 Å². The van der Waals surface area contributed by atoms with Crippen LogP contribution in [-0.4, -0.2) is 12.6 Å². The number of hydrogen-bond donors (Lipinski definition) is 0. The molecule has 0 fully saturated rings. The van der Waals surface area contributed by atoms with Gasteiger partial charge in [0.1, 0.15) is 0 Å². The molecule has 4 heteroatoms. The third kappa shape index (κ3) is 2.43. The van der Waals surface area contributed by atoms with Crippen LogP contribution >= 0.6 is 27.3 Å². The lowest BCUT2D eigenvalue weighted by Crippen LogP contribution is -2.23. The van der Waals surface area contributed by atoms with Gasteiger partial charge in [-0.1, -0.05) is 15.9 Å². The first-order valence-electron chi connectivity index (χ1n) is 6.55. The van der Waals surface area contributed by atoms with Gasteiger partial charge in [0.25, 0.3) is 0 Å². The molecule has 19 heavy (non-hydrogen) atoms. The Hall–Kier alpha value is -0.870. The first-order valence-corrected chi connectivity index (χ1v) is 8.16. The van der Waals surface area contributed by atoms with E-state index < -0.39 is 0 Å². The van der Waals surface area contributed by atoms with Gasteiger partial charge in [-0.25, -0.2) is 0 Å². The normalized spacial score (nSPS) is 18.3. The minimum atomic E-state index is -0.0394. The van der Waals surface area contributed by atoms with Gasteiger partial charge in [0.05, 0.1) is 12.5 Å². The summed E-state index contributed by atoms with van der Waals surface area (Å²) in [5.41, 5.74) is 1.35. The molecule has 0 N–H and O–H groups in total. The van der Waals surface area contributed by atoms with Crippen molar-refractivity contribution in [2.75, 3.05) is 6.61 Å². The van der Waals surface area contributed by atoms with Gasteiger partial charge >= 0.3 is 5.97 Å². The number of carbonyl (C=O) groups excluding carboxylic acids is 1. The van der Waals surface area contributed by atoms with Gasteiger partial charge in [-0.05, 0) is 55.3 Å². The fourth-order valence-corrected chi connectivity index (χ4v) is 4.30. The number of hydrogen-bond acceptors (Lipinski definition) is 3. The Labute approximate surface area is 124 Å². The average molecular weight is 339 g/mol. The van der Waals surface area contributed by atoms with Gasteiger partial charge < -0.3 is 4.74 Å². The van der Waals surface area contributed by atoms with Crippen LogP contribution in [0, 0.1) is 5.92 Å². The van der Waals surface area contributed by atoms with E-state index >= 15 is 0 Å². The summed E-state index contributed by atoms with van der Waals surface area (Å²) in [6, 6.07) is 6.40. The number of rotatable bonds is 2. The Kier molecular flexibility index (Phi) is 3.63. The maximum absolute atomic E-state index is 11.9. The number of esters is 1. The number of aryl methyl sites for hydroxylation is 1. The molecule has 1 unspecified atom stereocenters. The fourth-order valence-electron chi connectivity index (χ4n) is 2.71. The summed E-state index contributed by atoms with van der Waals surface area (Å²) in [4.78, 5) is 13.3. The van der Waals surface area contributed by atoms with E-state index in [-0.39, 0.29) is 11.9 Å². The molecule has 0 saturated carbocycles. The number of ether oxygens (including phenoxy) is 1. The Bertz CT molecular complexity index is 632. The van der Waals surface area contributed by atoms with Gasteiger partial charge in [-0.2, -0.15) is 0 Å². The van der Waals surface area contributed by atoms with E-state index in [4.69, 9.17) is 4.74 Å². The van der Waals surface area contributed by atoms with E-state index in [9.17, 15) is 4.79 Å². The fraction of sp³-hybridized carbons (Fsp3) is 0.400. The van der Waals surface area contributed by atoms with Gasteiger partial charge in [-0.3, -0.25) is 4.79 Å². The molecule has 0 bridgehead atoms. The second-order valence-electron chi connectivity index (χ2n) is 4.84. The number of halogens is 1. The van der Waals surface area contributed by atoms with Crippen molar-refractivity contribution < 1.29 is 9.53 Å². The average Bonchev–Trinajstić information content (AvgIpc) is 2.76. The summed E-state index contributed by atoms with van der Waals surface area (Å²) >= 11 is 5.39. The minimum Gasteiger partial charge on any atom is -0.466 e. The van der Waals surface area contributed by atoms with Crippen molar-refractivity contribution in [3.8, 4) is 0 Å². The van der Waals surface area contributed by atoms with Crippen molar-refractivity contribution in [1.29, 1.82) is 0 Å². The molecule has 0 saturated heterocycles. The third-order valence-corrected chi connectivity index (χ3v) is 5.39. The molecule has 0 spiro atoms. The summed E-state index contributed by atoms with van der Waals surface area (Å²) < 4.78 is 7.58. The van der Waals surface area contributed by atoms with Crippen LogP contribution in [0.1, 0.15) is 23.8 Å². The highest BCUT2D eigenvalue weighted by atomic mass is 79.9. The monoisotopic (exact) mass is 338 g/mol. The quantitative estimate of drug-likeness (QED) is 0.761. The molecular weight excluding hydrogens is 324 g/mol. The summed E-state index contributed by atoms with van der Waals surface area (Å²) in [6.45, 7) is 2.33. The van der Waals surface area contributed by atoms with Crippen LogP contribution in [0.4, 0.5) is 0 Å². The lowest BCUT2D eigenvalue weighted by atomic mass is 9.87. The van der Waals surface area contributed by atoms with Crippen molar-refractivity contribution in [2.24, 2.45) is 5.92 Å². The lowest BCUT2D eigenvalue weighted by Gasteiger charge is -2.20. The lowest BCUT2D eigenvalue weighted by molar-refractivity contribution is -0.148. The topological polar surface area (TPSA) is 26.3 Å². The Balaban J connectivity index is 1.97. The summed E-state index contributed by atoms with van der Waals surface area (Å²) in [7, 11) is 0. The van der Waals surface area contributed by atoms with Crippen LogP contribution in [-0.2, 0) is 22.4 Å². The van der Waals surface area contributed by atoms with E-state index in [1.165, 1.54) is 20.5 Å². The van der Waals surface area contributed by atoms with Crippen LogP contribution in [0.5, 0.6) is 0 Å². The summed E-state index contributed by atoms with van der Waals surface area (Å²) in [5, 5.41) is 1.29. The Morgan fingerprint density at radius 1 is 1.53 bits per heavy atom. The minimum absolute atomic E-state index is 0.0317. The van der Waals surface area contributed by atoms with Crippen LogP contribution in [0.15, 0.2) is 22.7 Å². The zero-order chi connectivity index (χ0) is 13.4. The molecule has 1 aromatic carbocycles. The molecule has 1 aromatic heterocycles. The van der Waals surface area contributed by atoms with Gasteiger partial charge in [0.2, 0.25) is 0 Å². The summed E-state index contributed by atoms with van der Waals surface area (Å²) in [5.74, 6) is -0.00766. The predicted octanol–water partition coefficient (Wildman–Crippen LogP) is 4.33. The van der Waals surface area contributed by atoms with Crippen LogP contribution < -0.4 is 0 Å². The van der Waals surface area contributed by atoms with Gasteiger partial charge in [0.15, 0.2) is 0 Å². The van der Waals surface area contributed by atoms with Crippen molar-refractivity contribution >= 4 is 43.3 Å². The maximum atomic E-state index is 11.9. The van der Waals surface area contributed by atoms with E-state index in [2.05, 4.69) is 34.1 Å². The molecule has 0 radical (unpaired) electrons. The molecule has 1 heterocycles. The Morgan fingerprint density at radius 2 is 2.37 bits per heavy atom. The highest BCUT2D eigenvalue weighted by Crippen LogP contribution is 2.39. The number of fused-ring (bicyclic) bond motifs is 3. The van der Waals surface area contributed by atoms with Crippen molar-refractivity contribution in [1.82, 2.24) is 0 Å². The summed E-state index contributed by atoms with van der Waals surface area (Å²) in [6.07, 6.45) is 2.74. The van der Waals surface area contributed by atoms with Crippen LogP contribution in [0.25, 0.3) is 10.1 Å². The van der Waals surface area contributed by atoms with Crippen molar-refractivity contribution in [2.45, 2.75) is 26.2 Å². The molecule has 2 aromatic rings. The molecule has 0 amide bonds. The standard InChI is InChI=1S/C15H15BrO2S/c1-2-18-15(17)9-3-5-13-11(7-9)12-8-10(16)4-6-14(12)19-13/h4,6,8-9H,2-3,5,7H2,1H3. The zero-order valence-corrected chi connectivity index (χ0v) is 13.1. The first kappa shape index (κ1) is 13.1. The van der Waals surface area contributed by atoms with Crippen molar-refractivity contribution in [3.05, 3.63) is 33.1 Å². The highest BCUT2D eigenvalue weighted by Gasteiger charge is 2.28. The van der Waals surface area contributed by atoms with E-state index in [1.54, 1.807) is 0 Å². The smallest absolute Gasteiger partial charge is 0.309 e. The predicted molar refractivity (Wildman–Crippen MR) is 81.7 cm³/mol. The van der Waals surface area contributed by atoms with Gasteiger partial charge in [-0.15, -0.1) is 11.3 Å². The van der Waals surface area contributed by atoms with Crippen LogP contribution in [0.3, 0.4) is 0 Å². The molecular formula is C15H15BrO2S. The van der Waals surface area contributed by atoms with E-state index in [0.717, 1.165) is 23.7 Å². The maximum Gasteiger partial charge on any atom is 0.309 e. The van der Waals surface area contributed by atoms with E-state index in [1.807, 2.05) is 18.3 Å². The molecule has 100 valence electrons. The first-order chi connectivity index (χ1) is 9.19. The number of carbonyl (C=O) groups is 1. The zero-order valence-electron chi connectivity index (χ0n) is 10.7. The van der Waals surface area contributed by atoms with Crippen molar-refractivity contribution in [3.63, 3.8) is 0 Å². The number of benzene rings is 1. The van der Waals surface area contributed by atoms with Gasteiger partial charge in [0, 0.05) is 14.0 Å². The number of thiophene rings is 1. The second-order valence-corrected chi connectivity index (χ2v) is 6.89. The highest BCUT2D eigenvalue weighted by molar-refractivity contribution is 9.10. The molecule has 1 aliphatic carbocycles. The third-order valence-electron chi connectivity index (χ3n) is 3.63. The molecule has 1 aliphatic rings. The molecule has 3 rings (SSSR count).